The summed E-state index contributed by atoms with van der Waals surface area (Å²) >= 11 is 0. The van der Waals surface area contributed by atoms with Crippen molar-refractivity contribution >= 4 is 11.6 Å². The number of nitrogens with one attached hydrogen (secondary N) is 1. The maximum absolute atomic E-state index is 11.9. The second-order valence-corrected chi connectivity index (χ2v) is 4.73. The van der Waals surface area contributed by atoms with Gasteiger partial charge in [-0.25, -0.2) is 0 Å². The first-order valence-electron chi connectivity index (χ1n) is 6.25. The standard InChI is InChI=1S/C14H22N2O3/c1-9(2)11(15)8-14(17)16-12-7-10(18-3)5-6-13(12)19-4/h5-7,9,11H,8,15H2,1-4H3,(H,16,17). The van der Waals surface area contributed by atoms with Crippen LogP contribution < -0.4 is 20.5 Å². The summed E-state index contributed by atoms with van der Waals surface area (Å²) in [6.07, 6.45) is 0.276. The fourth-order valence-electron chi connectivity index (χ4n) is 1.56. The van der Waals surface area contributed by atoms with Crippen LogP contribution in [-0.2, 0) is 4.79 Å². The fourth-order valence-corrected chi connectivity index (χ4v) is 1.56. The molecule has 0 saturated carbocycles. The van der Waals surface area contributed by atoms with Crippen molar-refractivity contribution in [3.05, 3.63) is 18.2 Å². The Morgan fingerprint density at radius 2 is 2.00 bits per heavy atom. The lowest BCUT2D eigenvalue weighted by Gasteiger charge is -2.16. The quantitative estimate of drug-likeness (QED) is 0.826. The zero-order valence-electron chi connectivity index (χ0n) is 11.9. The van der Waals surface area contributed by atoms with Gasteiger partial charge in [-0.15, -0.1) is 0 Å². The number of hydrogen-bond donors (Lipinski definition) is 2. The predicted molar refractivity (Wildman–Crippen MR) is 75.6 cm³/mol. The molecule has 0 aliphatic rings. The summed E-state index contributed by atoms with van der Waals surface area (Å²) < 4.78 is 10.3. The van der Waals surface area contributed by atoms with E-state index in [4.69, 9.17) is 15.2 Å². The Balaban J connectivity index is 2.77. The van der Waals surface area contributed by atoms with Crippen molar-refractivity contribution in [2.45, 2.75) is 26.3 Å². The van der Waals surface area contributed by atoms with Crippen molar-refractivity contribution in [1.29, 1.82) is 0 Å². The van der Waals surface area contributed by atoms with Crippen LogP contribution in [0.25, 0.3) is 0 Å². The summed E-state index contributed by atoms with van der Waals surface area (Å²) in [6, 6.07) is 5.08. The Bertz CT molecular complexity index is 433. The topological polar surface area (TPSA) is 73.6 Å². The molecular weight excluding hydrogens is 244 g/mol. The number of carbonyl (C=O) groups excluding carboxylic acids is 1. The third-order valence-corrected chi connectivity index (χ3v) is 2.96. The predicted octanol–water partition coefficient (Wildman–Crippen LogP) is 2.02. The Labute approximate surface area is 114 Å². The molecule has 1 unspecified atom stereocenters. The number of hydrogen-bond acceptors (Lipinski definition) is 4. The highest BCUT2D eigenvalue weighted by Crippen LogP contribution is 2.29. The normalized spacial score (nSPS) is 12.1. The van der Waals surface area contributed by atoms with Gasteiger partial charge >= 0.3 is 0 Å². The maximum Gasteiger partial charge on any atom is 0.226 e. The van der Waals surface area contributed by atoms with E-state index in [2.05, 4.69) is 5.32 Å². The van der Waals surface area contributed by atoms with Crippen LogP contribution in [0.15, 0.2) is 18.2 Å². The molecule has 3 N–H and O–H groups in total. The van der Waals surface area contributed by atoms with Crippen molar-refractivity contribution in [2.24, 2.45) is 11.7 Å². The van der Waals surface area contributed by atoms with Crippen LogP contribution in [0.2, 0.25) is 0 Å². The molecule has 0 radical (unpaired) electrons. The van der Waals surface area contributed by atoms with Crippen LogP contribution >= 0.6 is 0 Å². The summed E-state index contributed by atoms with van der Waals surface area (Å²) in [7, 11) is 3.12. The summed E-state index contributed by atoms with van der Waals surface area (Å²) in [5, 5.41) is 2.80. The number of anilines is 1. The molecule has 19 heavy (non-hydrogen) atoms. The van der Waals surface area contributed by atoms with Crippen LogP contribution in [0.1, 0.15) is 20.3 Å². The summed E-state index contributed by atoms with van der Waals surface area (Å²) in [5.41, 5.74) is 6.47. The molecule has 1 rings (SSSR count). The van der Waals surface area contributed by atoms with Gasteiger partial charge in [0.2, 0.25) is 5.91 Å². The van der Waals surface area contributed by atoms with Crippen molar-refractivity contribution in [2.75, 3.05) is 19.5 Å². The van der Waals surface area contributed by atoms with E-state index < -0.39 is 0 Å². The average molecular weight is 266 g/mol. The van der Waals surface area contributed by atoms with E-state index >= 15 is 0 Å². The molecule has 1 aromatic carbocycles. The van der Waals surface area contributed by atoms with Crippen molar-refractivity contribution in [3.63, 3.8) is 0 Å². The third kappa shape index (κ3) is 4.44. The van der Waals surface area contributed by atoms with Gasteiger partial charge in [0.15, 0.2) is 0 Å². The van der Waals surface area contributed by atoms with Gasteiger partial charge in [0.25, 0.3) is 0 Å². The van der Waals surface area contributed by atoms with Crippen molar-refractivity contribution in [1.82, 2.24) is 0 Å². The Kier molecular flexibility index (Phi) is 5.63. The van der Waals surface area contributed by atoms with Crippen molar-refractivity contribution < 1.29 is 14.3 Å². The van der Waals surface area contributed by atoms with E-state index in [0.29, 0.717) is 17.2 Å². The zero-order valence-corrected chi connectivity index (χ0v) is 11.9. The SMILES string of the molecule is COc1ccc(OC)c(NC(=O)CC(N)C(C)C)c1. The van der Waals surface area contributed by atoms with Gasteiger partial charge in [-0.3, -0.25) is 4.79 Å². The molecule has 0 saturated heterocycles. The van der Waals surface area contributed by atoms with E-state index in [0.717, 1.165) is 0 Å². The van der Waals surface area contributed by atoms with Gasteiger partial charge < -0.3 is 20.5 Å². The second kappa shape index (κ2) is 6.99. The van der Waals surface area contributed by atoms with Gasteiger partial charge in [0.05, 0.1) is 19.9 Å². The minimum Gasteiger partial charge on any atom is -0.497 e. The largest absolute Gasteiger partial charge is 0.497 e. The van der Waals surface area contributed by atoms with Crippen molar-refractivity contribution in [3.8, 4) is 11.5 Å². The lowest BCUT2D eigenvalue weighted by molar-refractivity contribution is -0.116. The van der Waals surface area contributed by atoms with Crippen LogP contribution in [-0.4, -0.2) is 26.2 Å². The molecule has 106 valence electrons. The first-order chi connectivity index (χ1) is 8.97. The van der Waals surface area contributed by atoms with E-state index in [1.165, 1.54) is 0 Å². The molecule has 0 fully saturated rings. The van der Waals surface area contributed by atoms with Crippen LogP contribution in [0.4, 0.5) is 5.69 Å². The highest BCUT2D eigenvalue weighted by Gasteiger charge is 2.15. The monoisotopic (exact) mass is 266 g/mol. The fraction of sp³-hybridized carbons (Fsp3) is 0.500. The van der Waals surface area contributed by atoms with Gasteiger partial charge in [-0.1, -0.05) is 13.8 Å². The Morgan fingerprint density at radius 3 is 2.53 bits per heavy atom. The van der Waals surface area contributed by atoms with E-state index in [9.17, 15) is 4.79 Å². The molecule has 0 aliphatic carbocycles. The summed E-state index contributed by atoms with van der Waals surface area (Å²) in [6.45, 7) is 3.98. The smallest absolute Gasteiger partial charge is 0.226 e. The van der Waals surface area contributed by atoms with E-state index in [1.54, 1.807) is 32.4 Å². The number of benzene rings is 1. The first kappa shape index (κ1) is 15.3. The third-order valence-electron chi connectivity index (χ3n) is 2.96. The van der Waals surface area contributed by atoms with Gasteiger partial charge in [-0.05, 0) is 18.1 Å². The molecule has 1 atom stereocenters. The number of ether oxygens (including phenoxy) is 2. The van der Waals surface area contributed by atoms with Crippen LogP contribution in [0.3, 0.4) is 0 Å². The van der Waals surface area contributed by atoms with Gasteiger partial charge in [-0.2, -0.15) is 0 Å². The van der Waals surface area contributed by atoms with Crippen LogP contribution in [0, 0.1) is 5.92 Å². The summed E-state index contributed by atoms with van der Waals surface area (Å²) in [4.78, 5) is 11.9. The molecular formula is C14H22N2O3. The number of nitrogens with two attached hydrogens (primary N) is 1. The molecule has 5 heteroatoms. The molecule has 1 amide bonds. The molecule has 5 nitrogen and oxygen atoms in total. The molecule has 0 bridgehead atoms. The number of rotatable bonds is 6. The maximum atomic E-state index is 11.9. The molecule has 0 aliphatic heterocycles. The highest BCUT2D eigenvalue weighted by atomic mass is 16.5. The number of methoxy groups -OCH3 is 2. The van der Waals surface area contributed by atoms with Crippen LogP contribution in [0.5, 0.6) is 11.5 Å². The minimum absolute atomic E-state index is 0.132. The molecule has 0 heterocycles. The Hall–Kier alpha value is -1.75. The lowest BCUT2D eigenvalue weighted by Crippen LogP contribution is -2.31. The Morgan fingerprint density at radius 1 is 1.32 bits per heavy atom. The number of amides is 1. The van der Waals surface area contributed by atoms with E-state index in [-0.39, 0.29) is 24.3 Å². The molecule has 0 spiro atoms. The average Bonchev–Trinajstić information content (AvgIpc) is 2.38. The first-order valence-corrected chi connectivity index (χ1v) is 6.25. The summed E-state index contributed by atoms with van der Waals surface area (Å²) in [5.74, 6) is 1.38. The number of carbonyl (C=O) groups is 1. The minimum atomic E-state index is -0.156. The highest BCUT2D eigenvalue weighted by molar-refractivity contribution is 5.92. The molecule has 1 aromatic rings. The molecule has 0 aromatic heterocycles. The lowest BCUT2D eigenvalue weighted by atomic mass is 10.0. The van der Waals surface area contributed by atoms with E-state index in [1.807, 2.05) is 13.8 Å². The zero-order chi connectivity index (χ0) is 14.4. The van der Waals surface area contributed by atoms with Gasteiger partial charge in [0.1, 0.15) is 11.5 Å². The second-order valence-electron chi connectivity index (χ2n) is 4.73. The van der Waals surface area contributed by atoms with Gasteiger partial charge in [0, 0.05) is 18.5 Å².